The van der Waals surface area contributed by atoms with Gasteiger partial charge in [0.15, 0.2) is 11.5 Å². The van der Waals surface area contributed by atoms with E-state index in [1.807, 2.05) is 0 Å². The van der Waals surface area contributed by atoms with Gasteiger partial charge in [-0.1, -0.05) is 0 Å². The van der Waals surface area contributed by atoms with Gasteiger partial charge in [-0.05, 0) is 0 Å². The van der Waals surface area contributed by atoms with Gasteiger partial charge in [0, 0.05) is 25.6 Å². The number of nitrogens with zero attached hydrogens (tertiary/aromatic N) is 3. The average Bonchev–Trinajstić information content (AvgIpc) is 2.83. The van der Waals surface area contributed by atoms with Crippen LogP contribution in [-0.4, -0.2) is 46.1 Å². The van der Waals surface area contributed by atoms with E-state index in [2.05, 4.69) is 15.4 Å². The number of nitrogens with one attached hydrogen (secondary N) is 1. The van der Waals surface area contributed by atoms with Gasteiger partial charge in [0.2, 0.25) is 0 Å². The first-order valence-electron chi connectivity index (χ1n) is 5.73. The van der Waals surface area contributed by atoms with Crippen LogP contribution < -0.4 is 5.32 Å². The van der Waals surface area contributed by atoms with Crippen LogP contribution in [-0.2, 0) is 10.9 Å². The van der Waals surface area contributed by atoms with Gasteiger partial charge in [-0.25, -0.2) is 9.50 Å². The quantitative estimate of drug-likeness (QED) is 0.865. The number of hydrogen-bond acceptors (Lipinski definition) is 5. The second-order valence-electron chi connectivity index (χ2n) is 4.11. The molecule has 1 atom stereocenters. The van der Waals surface area contributed by atoms with Gasteiger partial charge < -0.3 is 15.2 Å². The number of aliphatic hydroxyl groups is 1. The highest BCUT2D eigenvalue weighted by molar-refractivity contribution is 5.68. The van der Waals surface area contributed by atoms with E-state index in [0.29, 0.717) is 0 Å². The van der Waals surface area contributed by atoms with Crippen molar-refractivity contribution in [2.75, 3.05) is 25.6 Å². The van der Waals surface area contributed by atoms with E-state index in [1.165, 1.54) is 19.5 Å². The molecule has 0 amide bonds. The summed E-state index contributed by atoms with van der Waals surface area (Å²) >= 11 is 0. The molecule has 110 valence electrons. The van der Waals surface area contributed by atoms with E-state index in [-0.39, 0.29) is 24.5 Å². The molecular formula is C11H13F3N4O2. The largest absolute Gasteiger partial charge is 0.435 e. The van der Waals surface area contributed by atoms with Crippen molar-refractivity contribution in [3.05, 3.63) is 24.2 Å². The highest BCUT2D eigenvalue weighted by atomic mass is 19.4. The van der Waals surface area contributed by atoms with Gasteiger partial charge in [-0.3, -0.25) is 0 Å². The van der Waals surface area contributed by atoms with Crippen molar-refractivity contribution >= 4 is 11.3 Å². The standard InChI is InChI=1S/C11H13F3N4O2/c1-20-6-7(5-19)16-10-8-4-9(11(12,13)14)17-18(8)3-2-15-10/h2-4,7,19H,5-6H2,1H3,(H,15,16). The lowest BCUT2D eigenvalue weighted by atomic mass is 10.3. The normalized spacial score (nSPS) is 13.7. The van der Waals surface area contributed by atoms with Crippen molar-refractivity contribution in [2.24, 2.45) is 0 Å². The zero-order chi connectivity index (χ0) is 14.8. The van der Waals surface area contributed by atoms with Crippen LogP contribution in [0.1, 0.15) is 5.69 Å². The fraction of sp³-hybridized carbons (Fsp3) is 0.455. The molecule has 0 aromatic carbocycles. The van der Waals surface area contributed by atoms with Crippen LogP contribution in [0.25, 0.3) is 5.52 Å². The minimum atomic E-state index is -4.52. The molecule has 0 fully saturated rings. The molecule has 2 rings (SSSR count). The zero-order valence-electron chi connectivity index (χ0n) is 10.6. The van der Waals surface area contributed by atoms with E-state index in [1.54, 1.807) is 0 Å². The molecule has 0 bridgehead atoms. The zero-order valence-corrected chi connectivity index (χ0v) is 10.6. The molecule has 2 aromatic rings. The van der Waals surface area contributed by atoms with Crippen LogP contribution in [0.2, 0.25) is 0 Å². The van der Waals surface area contributed by atoms with Crippen molar-refractivity contribution in [1.82, 2.24) is 14.6 Å². The van der Waals surface area contributed by atoms with Crippen LogP contribution in [0.4, 0.5) is 19.0 Å². The Bertz CT molecular complexity index is 585. The van der Waals surface area contributed by atoms with Gasteiger partial charge in [-0.2, -0.15) is 18.3 Å². The number of halogens is 3. The fourth-order valence-electron chi connectivity index (χ4n) is 1.71. The smallest absolute Gasteiger partial charge is 0.394 e. The summed E-state index contributed by atoms with van der Waals surface area (Å²) in [6.07, 6.45) is -1.88. The molecule has 0 aliphatic rings. The third-order valence-electron chi connectivity index (χ3n) is 2.61. The number of anilines is 1. The summed E-state index contributed by atoms with van der Waals surface area (Å²) < 4.78 is 43.9. The van der Waals surface area contributed by atoms with Crippen molar-refractivity contribution in [1.29, 1.82) is 0 Å². The SMILES string of the molecule is COCC(CO)Nc1nccn2nc(C(F)(F)F)cc12. The summed E-state index contributed by atoms with van der Waals surface area (Å²) in [7, 11) is 1.46. The number of fused-ring (bicyclic) bond motifs is 1. The van der Waals surface area contributed by atoms with E-state index < -0.39 is 17.9 Å². The monoisotopic (exact) mass is 290 g/mol. The third kappa shape index (κ3) is 2.99. The molecule has 0 radical (unpaired) electrons. The second kappa shape index (κ2) is 5.63. The Morgan fingerprint density at radius 1 is 1.50 bits per heavy atom. The molecule has 0 aliphatic carbocycles. The number of methoxy groups -OCH3 is 1. The Labute approximate surface area is 112 Å². The summed E-state index contributed by atoms with van der Waals surface area (Å²) in [4.78, 5) is 3.97. The Hall–Kier alpha value is -1.87. The van der Waals surface area contributed by atoms with E-state index in [0.717, 1.165) is 10.6 Å². The van der Waals surface area contributed by atoms with Gasteiger partial charge in [0.1, 0.15) is 5.52 Å². The van der Waals surface area contributed by atoms with Gasteiger partial charge >= 0.3 is 6.18 Å². The molecule has 6 nitrogen and oxygen atoms in total. The van der Waals surface area contributed by atoms with Crippen LogP contribution in [0.3, 0.4) is 0 Å². The molecule has 20 heavy (non-hydrogen) atoms. The van der Waals surface area contributed by atoms with Crippen LogP contribution in [0.5, 0.6) is 0 Å². The highest BCUT2D eigenvalue weighted by Crippen LogP contribution is 2.30. The topological polar surface area (TPSA) is 71.7 Å². The number of alkyl halides is 3. The summed E-state index contributed by atoms with van der Waals surface area (Å²) in [5.74, 6) is 0.201. The minimum Gasteiger partial charge on any atom is -0.394 e. The van der Waals surface area contributed by atoms with Gasteiger partial charge in [0.05, 0.1) is 19.3 Å². The lowest BCUT2D eigenvalue weighted by molar-refractivity contribution is -0.141. The molecule has 2 aromatic heterocycles. The van der Waals surface area contributed by atoms with Crippen LogP contribution in [0, 0.1) is 0 Å². The van der Waals surface area contributed by atoms with Crippen molar-refractivity contribution < 1.29 is 23.0 Å². The minimum absolute atomic E-state index is 0.175. The van der Waals surface area contributed by atoms with Crippen molar-refractivity contribution in [2.45, 2.75) is 12.2 Å². The van der Waals surface area contributed by atoms with Crippen molar-refractivity contribution in [3.8, 4) is 0 Å². The van der Waals surface area contributed by atoms with Gasteiger partial charge in [-0.15, -0.1) is 0 Å². The number of aromatic nitrogens is 3. The first kappa shape index (κ1) is 14.5. The molecule has 2 N–H and O–H groups in total. The van der Waals surface area contributed by atoms with Crippen molar-refractivity contribution in [3.63, 3.8) is 0 Å². The highest BCUT2D eigenvalue weighted by Gasteiger charge is 2.34. The summed E-state index contributed by atoms with van der Waals surface area (Å²) in [5.41, 5.74) is -0.824. The first-order valence-corrected chi connectivity index (χ1v) is 5.73. The molecule has 0 saturated carbocycles. The number of aliphatic hydroxyl groups excluding tert-OH is 1. The predicted octanol–water partition coefficient (Wildman–Crippen LogP) is 1.17. The molecule has 0 saturated heterocycles. The Balaban J connectivity index is 2.36. The van der Waals surface area contributed by atoms with Crippen LogP contribution >= 0.6 is 0 Å². The maximum atomic E-state index is 12.6. The maximum absolute atomic E-state index is 12.6. The number of rotatable bonds is 5. The van der Waals surface area contributed by atoms with E-state index in [9.17, 15) is 13.2 Å². The van der Waals surface area contributed by atoms with E-state index >= 15 is 0 Å². The number of ether oxygens (including phenoxy) is 1. The van der Waals surface area contributed by atoms with E-state index in [4.69, 9.17) is 9.84 Å². The van der Waals surface area contributed by atoms with Crippen LogP contribution in [0.15, 0.2) is 18.5 Å². The molecule has 2 heterocycles. The Kier molecular flexibility index (Phi) is 4.09. The average molecular weight is 290 g/mol. The molecule has 1 unspecified atom stereocenters. The Morgan fingerprint density at radius 3 is 2.85 bits per heavy atom. The predicted molar refractivity (Wildman–Crippen MR) is 64.4 cm³/mol. The molecule has 0 aliphatic heterocycles. The first-order chi connectivity index (χ1) is 9.45. The summed E-state index contributed by atoms with van der Waals surface area (Å²) in [6.45, 7) is -0.0453. The molecule has 0 spiro atoms. The molecular weight excluding hydrogens is 277 g/mol. The second-order valence-corrected chi connectivity index (χ2v) is 4.11. The lowest BCUT2D eigenvalue weighted by Gasteiger charge is -2.16. The lowest BCUT2D eigenvalue weighted by Crippen LogP contribution is -2.29. The Morgan fingerprint density at radius 2 is 2.25 bits per heavy atom. The fourth-order valence-corrected chi connectivity index (χ4v) is 1.71. The number of hydrogen-bond donors (Lipinski definition) is 2. The molecule has 9 heteroatoms. The van der Waals surface area contributed by atoms with Gasteiger partial charge in [0.25, 0.3) is 0 Å². The maximum Gasteiger partial charge on any atom is 0.435 e. The third-order valence-corrected chi connectivity index (χ3v) is 2.61. The summed E-state index contributed by atoms with van der Waals surface area (Å²) in [6, 6.07) is 0.430. The summed E-state index contributed by atoms with van der Waals surface area (Å²) in [5, 5.41) is 15.4.